The fourth-order valence-corrected chi connectivity index (χ4v) is 7.24. The topological polar surface area (TPSA) is 210 Å². The number of carbonyl (C=O) groups is 2. The monoisotopic (exact) mass is 669 g/mol. The number of H-pyrrole nitrogens is 1. The van der Waals surface area contributed by atoms with E-state index in [1.165, 1.54) is 43.6 Å². The molecule has 0 bridgehead atoms. The fraction of sp³-hybridized carbons (Fsp3) is 0.333. The van der Waals surface area contributed by atoms with Gasteiger partial charge in [0.05, 0.1) is 34.2 Å². The highest BCUT2D eigenvalue weighted by Gasteiger charge is 2.32. The zero-order valence-electron chi connectivity index (χ0n) is 25.3. The van der Waals surface area contributed by atoms with E-state index in [1.54, 1.807) is 39.9 Å². The van der Waals surface area contributed by atoms with Gasteiger partial charge in [-0.3, -0.25) is 9.89 Å². The number of methoxy groups -OCH3 is 1. The van der Waals surface area contributed by atoms with E-state index >= 15 is 0 Å². The lowest BCUT2D eigenvalue weighted by molar-refractivity contribution is -0.134. The van der Waals surface area contributed by atoms with Gasteiger partial charge in [-0.25, -0.2) is 26.8 Å². The molecule has 1 amide bonds. The number of carbonyl (C=O) groups excluding carboxylic acids is 2. The van der Waals surface area contributed by atoms with Crippen LogP contribution in [-0.4, -0.2) is 74.6 Å². The van der Waals surface area contributed by atoms with E-state index in [0.717, 1.165) is 12.8 Å². The summed E-state index contributed by atoms with van der Waals surface area (Å²) in [6.45, 7) is 3.52. The van der Waals surface area contributed by atoms with Gasteiger partial charge in [-0.15, -0.1) is 0 Å². The van der Waals surface area contributed by atoms with Crippen LogP contribution in [0, 0.1) is 17.2 Å². The van der Waals surface area contributed by atoms with E-state index in [1.807, 2.05) is 0 Å². The number of hydrogen-bond donors (Lipinski definition) is 3. The molecule has 4 aromatic rings. The maximum Gasteiger partial charge on any atom is 0.339 e. The number of ether oxygens (including phenoxy) is 1. The number of aryl methyl sites for hydroxylation is 1. The number of piperidine rings is 1. The number of aromatic nitrogens is 3. The highest BCUT2D eigenvalue weighted by atomic mass is 32.2. The van der Waals surface area contributed by atoms with Crippen LogP contribution >= 0.6 is 0 Å². The second-order valence-corrected chi connectivity index (χ2v) is 14.0. The first-order valence-electron chi connectivity index (χ1n) is 14.3. The number of rotatable bonds is 9. The van der Waals surface area contributed by atoms with Crippen LogP contribution in [-0.2, 0) is 36.1 Å². The van der Waals surface area contributed by atoms with Gasteiger partial charge >= 0.3 is 5.97 Å². The molecular weight excluding hydrogens is 635 g/mol. The molecule has 2 aromatic carbocycles. The van der Waals surface area contributed by atoms with Crippen LogP contribution in [0.3, 0.4) is 0 Å². The van der Waals surface area contributed by atoms with Gasteiger partial charge in [0.15, 0.2) is 0 Å². The Bertz CT molecular complexity index is 1960. The van der Waals surface area contributed by atoms with E-state index in [9.17, 15) is 31.7 Å². The highest BCUT2D eigenvalue weighted by molar-refractivity contribution is 7.89. The van der Waals surface area contributed by atoms with Crippen LogP contribution in [0.1, 0.15) is 42.2 Å². The van der Waals surface area contributed by atoms with Gasteiger partial charge in [-0.1, -0.05) is 25.1 Å². The van der Waals surface area contributed by atoms with Crippen molar-refractivity contribution in [2.45, 2.75) is 48.6 Å². The number of amides is 1. The number of likely N-dealkylation sites (tertiary alicyclic amines) is 1. The number of esters is 1. The van der Waals surface area contributed by atoms with E-state index < -0.39 is 32.1 Å². The second-order valence-electron chi connectivity index (χ2n) is 10.8. The van der Waals surface area contributed by atoms with E-state index in [-0.39, 0.29) is 34.2 Å². The van der Waals surface area contributed by atoms with Crippen LogP contribution < -0.4 is 9.86 Å². The van der Waals surface area contributed by atoms with Crippen molar-refractivity contribution in [3.05, 3.63) is 78.2 Å². The molecule has 0 spiro atoms. The lowest BCUT2D eigenvalue weighted by Crippen LogP contribution is -2.51. The van der Waals surface area contributed by atoms with Crippen LogP contribution in [0.2, 0.25) is 0 Å². The zero-order chi connectivity index (χ0) is 33.5. The molecule has 3 heterocycles. The SMILES string of the molecule is COC(=O)c1ccccc1S(=O)(=O)NC(CCn1cccc1C#N)C(=O)N1CCC(C)CC1.NS(=O)(=O)c1cccc2[nH]ncc12. The Hall–Kier alpha value is -4.56. The number of nitrogens with zero attached hydrogens (tertiary/aromatic N) is 4. The first kappa shape index (κ1) is 34.3. The summed E-state index contributed by atoms with van der Waals surface area (Å²) < 4.78 is 57.6. The summed E-state index contributed by atoms with van der Waals surface area (Å²) in [5, 5.41) is 21.2. The van der Waals surface area contributed by atoms with Crippen molar-refractivity contribution >= 4 is 42.8 Å². The van der Waals surface area contributed by atoms with Gasteiger partial charge in [0.1, 0.15) is 17.8 Å². The van der Waals surface area contributed by atoms with Gasteiger partial charge < -0.3 is 14.2 Å². The molecule has 1 aliphatic rings. The number of nitrogens with one attached hydrogen (secondary N) is 2. The largest absolute Gasteiger partial charge is 0.465 e. The van der Waals surface area contributed by atoms with Crippen LogP contribution in [0.4, 0.5) is 0 Å². The number of primary sulfonamides is 1. The molecule has 1 aliphatic heterocycles. The average Bonchev–Trinajstić information content (AvgIpc) is 3.72. The number of aromatic amines is 1. The molecular formula is C30H35N7O7S2. The minimum atomic E-state index is -4.22. The predicted molar refractivity (Wildman–Crippen MR) is 168 cm³/mol. The molecule has 4 N–H and O–H groups in total. The molecule has 16 heteroatoms. The van der Waals surface area contributed by atoms with Gasteiger partial charge in [0.2, 0.25) is 26.0 Å². The number of hydrogen-bond acceptors (Lipinski definition) is 9. The third kappa shape index (κ3) is 8.17. The Balaban J connectivity index is 0.000000305. The van der Waals surface area contributed by atoms with Crippen molar-refractivity contribution in [3.8, 4) is 6.07 Å². The van der Waals surface area contributed by atoms with Crippen LogP contribution in [0.15, 0.2) is 76.8 Å². The second kappa shape index (κ2) is 14.7. The lowest BCUT2D eigenvalue weighted by Gasteiger charge is -2.33. The molecule has 14 nitrogen and oxygen atoms in total. The highest BCUT2D eigenvalue weighted by Crippen LogP contribution is 2.21. The summed E-state index contributed by atoms with van der Waals surface area (Å²) in [5.74, 6) is -0.587. The Morgan fingerprint density at radius 3 is 2.46 bits per heavy atom. The van der Waals surface area contributed by atoms with Gasteiger partial charge in [-0.05, 0) is 61.6 Å². The third-order valence-electron chi connectivity index (χ3n) is 7.63. The Morgan fingerprint density at radius 1 is 1.09 bits per heavy atom. The van der Waals surface area contributed by atoms with Crippen molar-refractivity contribution in [2.24, 2.45) is 11.1 Å². The zero-order valence-corrected chi connectivity index (χ0v) is 26.9. The van der Waals surface area contributed by atoms with Gasteiger partial charge in [0.25, 0.3) is 0 Å². The molecule has 1 saturated heterocycles. The molecule has 0 saturated carbocycles. The molecule has 1 unspecified atom stereocenters. The van der Waals surface area contributed by atoms with Gasteiger partial charge in [-0.2, -0.15) is 15.1 Å². The summed E-state index contributed by atoms with van der Waals surface area (Å²) >= 11 is 0. The number of fused-ring (bicyclic) bond motifs is 1. The predicted octanol–water partition coefficient (Wildman–Crippen LogP) is 2.35. The van der Waals surface area contributed by atoms with Crippen molar-refractivity contribution in [3.63, 3.8) is 0 Å². The smallest absolute Gasteiger partial charge is 0.339 e. The minimum absolute atomic E-state index is 0.0961. The summed E-state index contributed by atoms with van der Waals surface area (Å²) in [6.07, 6.45) is 5.01. The van der Waals surface area contributed by atoms with E-state index in [0.29, 0.717) is 35.6 Å². The summed E-state index contributed by atoms with van der Waals surface area (Å²) in [6, 6.07) is 14.9. The molecule has 244 valence electrons. The number of sulfonamides is 2. The van der Waals surface area contributed by atoms with E-state index in [2.05, 4.69) is 27.9 Å². The average molecular weight is 670 g/mol. The van der Waals surface area contributed by atoms with Crippen molar-refractivity contribution in [2.75, 3.05) is 20.2 Å². The first-order valence-corrected chi connectivity index (χ1v) is 17.4. The Morgan fingerprint density at radius 2 is 1.78 bits per heavy atom. The maximum absolute atomic E-state index is 13.3. The van der Waals surface area contributed by atoms with Gasteiger partial charge in [0, 0.05) is 31.2 Å². The van der Waals surface area contributed by atoms with Crippen molar-refractivity contribution in [1.82, 2.24) is 24.4 Å². The summed E-state index contributed by atoms with van der Waals surface area (Å²) in [4.78, 5) is 27.0. The minimum Gasteiger partial charge on any atom is -0.465 e. The Kier molecular flexibility index (Phi) is 11.0. The normalized spacial score (nSPS) is 14.6. The Labute approximate surface area is 267 Å². The number of nitrogens with two attached hydrogens (primary N) is 1. The third-order valence-corrected chi connectivity index (χ3v) is 10.1. The fourth-order valence-electron chi connectivity index (χ4n) is 5.08. The molecule has 5 rings (SSSR count). The standard InChI is InChI=1S/C23H28N4O5S.C7H7N3O2S/c1-17-9-13-27(14-10-17)22(28)20(11-15-26-12-5-6-18(26)16-24)25-33(30,31)21-8-4-3-7-19(21)23(29)32-2;8-13(11,12)7-3-1-2-6-5(7)4-9-10-6/h3-8,12,17,20,25H,9-11,13-15H2,1-2H3;1-4H,(H,9,10)(H2,8,11,12). The summed E-state index contributed by atoms with van der Waals surface area (Å²) in [5.41, 5.74) is 0.973. The molecule has 1 fully saturated rings. The molecule has 0 radical (unpaired) electrons. The van der Waals surface area contributed by atoms with E-state index in [4.69, 9.17) is 9.88 Å². The molecule has 2 aromatic heterocycles. The number of nitriles is 1. The van der Waals surface area contributed by atoms with Crippen LogP contribution in [0.5, 0.6) is 0 Å². The quantitative estimate of drug-likeness (QED) is 0.223. The lowest BCUT2D eigenvalue weighted by atomic mass is 9.98. The summed E-state index contributed by atoms with van der Waals surface area (Å²) in [7, 11) is -6.71. The molecule has 1 atom stereocenters. The van der Waals surface area contributed by atoms with Crippen molar-refractivity contribution < 1.29 is 31.2 Å². The maximum atomic E-state index is 13.3. The molecule has 46 heavy (non-hydrogen) atoms. The van der Waals surface area contributed by atoms with Crippen LogP contribution in [0.25, 0.3) is 10.9 Å². The molecule has 0 aliphatic carbocycles. The van der Waals surface area contributed by atoms with Crippen molar-refractivity contribution in [1.29, 1.82) is 5.26 Å². The first-order chi connectivity index (χ1) is 21.9. The number of benzene rings is 2.